The van der Waals surface area contributed by atoms with Crippen molar-refractivity contribution in [2.75, 3.05) is 40.9 Å². The third kappa shape index (κ3) is 47.0. The molecule has 0 fully saturated rings. The monoisotopic (exact) mass is 897 g/mol. The summed E-state index contributed by atoms with van der Waals surface area (Å²) in [5, 5.41) is 13.8. The van der Waals surface area contributed by atoms with Gasteiger partial charge in [-0.2, -0.15) is 0 Å². The number of hydrogen-bond acceptors (Lipinski definition) is 6. The molecule has 368 valence electrons. The maximum Gasteiger partial charge on any atom is 0.268 e. The van der Waals surface area contributed by atoms with Crippen molar-refractivity contribution in [1.82, 2.24) is 5.32 Å². The molecule has 0 saturated heterocycles. The van der Waals surface area contributed by atoms with E-state index in [1.807, 2.05) is 27.2 Å². The molecule has 62 heavy (non-hydrogen) atoms. The molecular weight excluding hydrogens is 792 g/mol. The lowest BCUT2D eigenvalue weighted by atomic mass is 10.0. The second-order valence-corrected chi connectivity index (χ2v) is 21.0. The number of nitrogens with zero attached hydrogens (tertiary/aromatic N) is 1. The standard InChI is InChI=1S/C53H105N2O6P/c1-6-8-10-12-14-16-18-20-22-23-24-25-26-27-28-29-30-31-33-35-37-39-41-43-45-47-53(57)54-51(50-61-62(58,59)60-49-48-55(3,4)5)52(56)46-44-42-40-38-36-34-32-21-19-17-15-13-11-9-7-2/h27-28,44,46,51-52,56H,6-26,29-43,45,47-50H2,1-5H3,(H-,54,57,58,59)/b28-27-,46-44+. The van der Waals surface area contributed by atoms with Crippen LogP contribution in [0.1, 0.15) is 258 Å². The predicted molar refractivity (Wildman–Crippen MR) is 265 cm³/mol. The molecule has 0 aliphatic carbocycles. The predicted octanol–water partition coefficient (Wildman–Crippen LogP) is 15.0. The number of carbonyl (C=O) groups is 1. The second kappa shape index (κ2) is 45.1. The lowest BCUT2D eigenvalue weighted by molar-refractivity contribution is -0.870. The number of nitrogens with one attached hydrogen (secondary N) is 1. The number of aliphatic hydroxyl groups is 1. The zero-order chi connectivity index (χ0) is 45.7. The Bertz CT molecular complexity index is 1060. The SMILES string of the molecule is CCCCCCCCCCCCCC/C=C\CCCCCCCCCCCC(=O)NC(COP(=O)([O-])OCC[N+](C)(C)C)C(O)/C=C/CCCCCCCCCCCCCCC. The normalized spacial score (nSPS) is 14.2. The van der Waals surface area contributed by atoms with Gasteiger partial charge in [0.15, 0.2) is 0 Å². The molecule has 0 aromatic rings. The molecule has 0 aliphatic heterocycles. The van der Waals surface area contributed by atoms with E-state index < -0.39 is 20.0 Å². The number of hydrogen-bond donors (Lipinski definition) is 2. The van der Waals surface area contributed by atoms with Gasteiger partial charge in [-0.15, -0.1) is 0 Å². The van der Waals surface area contributed by atoms with Crippen molar-refractivity contribution in [2.45, 2.75) is 270 Å². The zero-order valence-corrected chi connectivity index (χ0v) is 42.7. The number of allylic oxidation sites excluding steroid dienone is 3. The van der Waals surface area contributed by atoms with Gasteiger partial charge in [0, 0.05) is 6.42 Å². The second-order valence-electron chi connectivity index (χ2n) is 19.6. The minimum absolute atomic E-state index is 0.0000701. The van der Waals surface area contributed by atoms with E-state index in [1.54, 1.807) is 6.08 Å². The average Bonchev–Trinajstić information content (AvgIpc) is 3.23. The molecule has 1 amide bonds. The Morgan fingerprint density at radius 1 is 0.548 bits per heavy atom. The number of likely N-dealkylation sites (N-methyl/N-ethyl adjacent to an activating group) is 1. The molecule has 3 unspecified atom stereocenters. The van der Waals surface area contributed by atoms with E-state index >= 15 is 0 Å². The van der Waals surface area contributed by atoms with Crippen molar-refractivity contribution in [3.63, 3.8) is 0 Å². The Kier molecular flexibility index (Phi) is 44.4. The minimum atomic E-state index is -4.59. The highest BCUT2D eigenvalue weighted by Gasteiger charge is 2.23. The number of amides is 1. The van der Waals surface area contributed by atoms with Crippen LogP contribution in [-0.2, 0) is 18.4 Å². The smallest absolute Gasteiger partial charge is 0.268 e. The van der Waals surface area contributed by atoms with Crippen LogP contribution in [0.15, 0.2) is 24.3 Å². The van der Waals surface area contributed by atoms with Gasteiger partial charge in [0.2, 0.25) is 5.91 Å². The number of rotatable bonds is 49. The molecule has 9 heteroatoms. The molecule has 0 saturated carbocycles. The molecule has 0 aromatic heterocycles. The molecule has 0 heterocycles. The molecule has 8 nitrogen and oxygen atoms in total. The van der Waals surface area contributed by atoms with Crippen LogP contribution in [0.3, 0.4) is 0 Å². The van der Waals surface area contributed by atoms with Gasteiger partial charge in [-0.05, 0) is 44.9 Å². The first kappa shape index (κ1) is 61.0. The molecule has 0 aliphatic rings. The Balaban J connectivity index is 4.20. The lowest BCUT2D eigenvalue weighted by Gasteiger charge is -2.29. The van der Waals surface area contributed by atoms with E-state index in [-0.39, 0.29) is 19.1 Å². The molecule has 0 radical (unpaired) electrons. The first-order valence-corrected chi connectivity index (χ1v) is 28.2. The van der Waals surface area contributed by atoms with Crippen LogP contribution >= 0.6 is 7.82 Å². The van der Waals surface area contributed by atoms with Gasteiger partial charge in [0.1, 0.15) is 13.2 Å². The zero-order valence-electron chi connectivity index (χ0n) is 41.8. The topological polar surface area (TPSA) is 108 Å². The van der Waals surface area contributed by atoms with Crippen molar-refractivity contribution in [2.24, 2.45) is 0 Å². The van der Waals surface area contributed by atoms with Crippen LogP contribution < -0.4 is 10.2 Å². The number of carbonyl (C=O) groups excluding carboxylic acids is 1. The minimum Gasteiger partial charge on any atom is -0.756 e. The molecule has 2 N–H and O–H groups in total. The molecular formula is C53H105N2O6P. The van der Waals surface area contributed by atoms with Gasteiger partial charge < -0.3 is 28.8 Å². The maximum atomic E-state index is 12.9. The fraction of sp³-hybridized carbons (Fsp3) is 0.906. The van der Waals surface area contributed by atoms with E-state index in [4.69, 9.17) is 9.05 Å². The van der Waals surface area contributed by atoms with Crippen molar-refractivity contribution in [3.05, 3.63) is 24.3 Å². The summed E-state index contributed by atoms with van der Waals surface area (Å²) >= 11 is 0. The van der Waals surface area contributed by atoms with E-state index in [0.717, 1.165) is 38.5 Å². The van der Waals surface area contributed by atoms with E-state index in [9.17, 15) is 19.4 Å². The van der Waals surface area contributed by atoms with Gasteiger partial charge in [-0.25, -0.2) is 0 Å². The molecule has 0 rings (SSSR count). The lowest BCUT2D eigenvalue weighted by Crippen LogP contribution is -2.45. The van der Waals surface area contributed by atoms with Crippen LogP contribution in [-0.4, -0.2) is 68.5 Å². The summed E-state index contributed by atoms with van der Waals surface area (Å²) in [7, 11) is 1.27. The highest BCUT2D eigenvalue weighted by atomic mass is 31.2. The number of aliphatic hydroxyl groups excluding tert-OH is 1. The van der Waals surface area contributed by atoms with Gasteiger partial charge in [0.05, 0.1) is 39.9 Å². The van der Waals surface area contributed by atoms with Crippen molar-refractivity contribution >= 4 is 13.7 Å². The van der Waals surface area contributed by atoms with Crippen LogP contribution in [0.5, 0.6) is 0 Å². The molecule has 0 spiro atoms. The van der Waals surface area contributed by atoms with E-state index in [1.165, 1.54) is 199 Å². The Labute approximate surface area is 385 Å². The third-order valence-electron chi connectivity index (χ3n) is 12.2. The van der Waals surface area contributed by atoms with Gasteiger partial charge in [-0.1, -0.05) is 231 Å². The van der Waals surface area contributed by atoms with Gasteiger partial charge >= 0.3 is 0 Å². The quantitative estimate of drug-likeness (QED) is 0.0273. The third-order valence-corrected chi connectivity index (χ3v) is 13.1. The fourth-order valence-corrected chi connectivity index (χ4v) is 8.64. The van der Waals surface area contributed by atoms with Crippen molar-refractivity contribution < 1.29 is 32.9 Å². The van der Waals surface area contributed by atoms with Crippen LogP contribution in [0.4, 0.5) is 0 Å². The number of unbranched alkanes of at least 4 members (excludes halogenated alkanes) is 34. The van der Waals surface area contributed by atoms with Crippen LogP contribution in [0.2, 0.25) is 0 Å². The highest BCUT2D eigenvalue weighted by molar-refractivity contribution is 7.45. The molecule has 3 atom stereocenters. The first-order chi connectivity index (χ1) is 30.0. The summed E-state index contributed by atoms with van der Waals surface area (Å²) in [6.07, 6.45) is 55.2. The Hall–Kier alpha value is -1.02. The van der Waals surface area contributed by atoms with E-state index in [2.05, 4.69) is 31.3 Å². The maximum absolute atomic E-state index is 12.9. The van der Waals surface area contributed by atoms with Gasteiger partial charge in [-0.3, -0.25) is 9.36 Å². The summed E-state index contributed by atoms with van der Waals surface area (Å²) in [5.74, 6) is -0.197. The highest BCUT2D eigenvalue weighted by Crippen LogP contribution is 2.38. The average molecular weight is 897 g/mol. The summed E-state index contributed by atoms with van der Waals surface area (Å²) in [6.45, 7) is 4.67. The Morgan fingerprint density at radius 2 is 0.887 bits per heavy atom. The molecule has 0 aromatic carbocycles. The van der Waals surface area contributed by atoms with Crippen LogP contribution in [0, 0.1) is 0 Å². The number of phosphoric ester groups is 1. The van der Waals surface area contributed by atoms with Crippen LogP contribution in [0.25, 0.3) is 0 Å². The van der Waals surface area contributed by atoms with E-state index in [0.29, 0.717) is 17.4 Å². The largest absolute Gasteiger partial charge is 0.756 e. The number of quaternary nitrogens is 1. The summed E-state index contributed by atoms with van der Waals surface area (Å²) in [5.41, 5.74) is 0. The summed E-state index contributed by atoms with van der Waals surface area (Å²) in [6, 6.07) is -0.885. The first-order valence-electron chi connectivity index (χ1n) is 26.7. The van der Waals surface area contributed by atoms with Crippen molar-refractivity contribution in [1.29, 1.82) is 0 Å². The fourth-order valence-electron chi connectivity index (χ4n) is 7.91. The van der Waals surface area contributed by atoms with Crippen molar-refractivity contribution in [3.8, 4) is 0 Å². The number of phosphoric acid groups is 1. The molecule has 0 bridgehead atoms. The Morgan fingerprint density at radius 3 is 1.26 bits per heavy atom. The van der Waals surface area contributed by atoms with Gasteiger partial charge in [0.25, 0.3) is 7.82 Å². The summed E-state index contributed by atoms with van der Waals surface area (Å²) in [4.78, 5) is 25.4. The summed E-state index contributed by atoms with van der Waals surface area (Å²) < 4.78 is 23.3.